The lowest BCUT2D eigenvalue weighted by Crippen LogP contribution is -2.36. The van der Waals surface area contributed by atoms with Crippen LogP contribution in [-0.4, -0.2) is 17.8 Å². The van der Waals surface area contributed by atoms with Crippen LogP contribution in [0.4, 0.5) is 0 Å². The monoisotopic (exact) mass is 655 g/mol. The minimum Gasteiger partial charge on any atom is -0.485 e. The van der Waals surface area contributed by atoms with Crippen LogP contribution in [0.2, 0.25) is 0 Å². The Hall–Kier alpha value is -6.52. The van der Waals surface area contributed by atoms with Gasteiger partial charge >= 0.3 is 0 Å². The van der Waals surface area contributed by atoms with Crippen molar-refractivity contribution in [2.45, 2.75) is 18.2 Å². The highest BCUT2D eigenvalue weighted by molar-refractivity contribution is 6.16. The Morgan fingerprint density at radius 1 is 0.510 bits per heavy atom. The topological polar surface area (TPSA) is 46.0 Å². The number of fused-ring (bicyclic) bond motifs is 5. The lowest BCUT2D eigenvalue weighted by molar-refractivity contribution is 0.272. The molecule has 242 valence electrons. The third kappa shape index (κ3) is 5.15. The minimum atomic E-state index is -0.429. The zero-order chi connectivity index (χ0) is 33.7. The third-order valence-corrected chi connectivity index (χ3v) is 10.3. The molecule has 7 aromatic carbocycles. The van der Waals surface area contributed by atoms with Gasteiger partial charge in [-0.3, -0.25) is 0 Å². The van der Waals surface area contributed by atoms with Gasteiger partial charge in [-0.25, -0.2) is 9.98 Å². The smallest absolute Gasteiger partial charge is 0.170 e. The van der Waals surface area contributed by atoms with Gasteiger partial charge in [0.15, 0.2) is 6.17 Å². The number of rotatable bonds is 5. The summed E-state index contributed by atoms with van der Waals surface area (Å²) in [6.45, 7) is 0. The number of hydrogen-bond acceptors (Lipinski definition) is 4. The molecule has 0 aromatic heterocycles. The first-order valence-corrected chi connectivity index (χ1v) is 17.5. The molecule has 4 nitrogen and oxygen atoms in total. The summed E-state index contributed by atoms with van der Waals surface area (Å²) in [6, 6.07) is 55.6. The predicted molar refractivity (Wildman–Crippen MR) is 209 cm³/mol. The van der Waals surface area contributed by atoms with E-state index >= 15 is 0 Å². The highest BCUT2D eigenvalue weighted by Gasteiger charge is 2.38. The Kier molecular flexibility index (Phi) is 6.98. The summed E-state index contributed by atoms with van der Waals surface area (Å²) >= 11 is 0. The van der Waals surface area contributed by atoms with Crippen molar-refractivity contribution in [2.75, 3.05) is 0 Å². The van der Waals surface area contributed by atoms with Gasteiger partial charge in [0.2, 0.25) is 0 Å². The molecule has 0 saturated heterocycles. The lowest BCUT2D eigenvalue weighted by atomic mass is 9.79. The van der Waals surface area contributed by atoms with Crippen LogP contribution in [0.1, 0.15) is 39.9 Å². The molecule has 7 aromatic rings. The summed E-state index contributed by atoms with van der Waals surface area (Å²) < 4.78 is 6.62. The van der Waals surface area contributed by atoms with Gasteiger partial charge in [0.05, 0.1) is 5.92 Å². The van der Waals surface area contributed by atoms with E-state index in [-0.39, 0.29) is 12.0 Å². The predicted octanol–water partition coefficient (Wildman–Crippen LogP) is 10.7. The summed E-state index contributed by atoms with van der Waals surface area (Å²) in [5, 5.41) is 8.29. The number of allylic oxidation sites excluding steroid dienone is 2. The zero-order valence-electron chi connectivity index (χ0n) is 27.8. The van der Waals surface area contributed by atoms with Gasteiger partial charge in [-0.2, -0.15) is 0 Å². The average Bonchev–Trinajstić information content (AvgIpc) is 3.59. The van der Waals surface area contributed by atoms with Crippen LogP contribution in [-0.2, 0) is 0 Å². The van der Waals surface area contributed by atoms with E-state index in [1.165, 1.54) is 44.0 Å². The molecule has 3 atom stereocenters. The SMILES string of the molecule is C1=CC2Oc3cc(-c4ccccc4)ccc3C2C(c2ccc(C3N=C(c4ccccc4)NC(c4ccc5ccccc5c4)=N3)c3ccccc23)=C1. The van der Waals surface area contributed by atoms with Gasteiger partial charge in [-0.15, -0.1) is 0 Å². The fraction of sp³-hybridized carbons (Fsp3) is 0.0638. The third-order valence-electron chi connectivity index (χ3n) is 10.3. The molecule has 0 saturated carbocycles. The van der Waals surface area contributed by atoms with Gasteiger partial charge in [0, 0.05) is 22.3 Å². The molecule has 0 amide bonds. The molecule has 10 rings (SSSR count). The van der Waals surface area contributed by atoms with E-state index in [1.54, 1.807) is 0 Å². The second kappa shape index (κ2) is 12.1. The van der Waals surface area contributed by atoms with E-state index in [9.17, 15) is 0 Å². The highest BCUT2D eigenvalue weighted by Crippen LogP contribution is 2.50. The highest BCUT2D eigenvalue weighted by atomic mass is 16.5. The van der Waals surface area contributed by atoms with E-state index in [2.05, 4.69) is 163 Å². The maximum absolute atomic E-state index is 6.62. The number of nitrogens with zero attached hydrogens (tertiary/aromatic N) is 2. The summed E-state index contributed by atoms with van der Waals surface area (Å²) in [4.78, 5) is 10.5. The van der Waals surface area contributed by atoms with Crippen LogP contribution in [0.25, 0.3) is 38.2 Å². The Balaban J connectivity index is 1.07. The van der Waals surface area contributed by atoms with Crippen LogP contribution in [0, 0.1) is 0 Å². The van der Waals surface area contributed by atoms with Crippen LogP contribution in [0.15, 0.2) is 186 Å². The summed E-state index contributed by atoms with van der Waals surface area (Å²) in [5.41, 5.74) is 9.17. The van der Waals surface area contributed by atoms with Crippen molar-refractivity contribution in [2.24, 2.45) is 9.98 Å². The summed E-state index contributed by atoms with van der Waals surface area (Å²) in [7, 11) is 0. The van der Waals surface area contributed by atoms with Crippen molar-refractivity contribution >= 4 is 38.8 Å². The van der Waals surface area contributed by atoms with E-state index in [0.29, 0.717) is 0 Å². The van der Waals surface area contributed by atoms with Gasteiger partial charge < -0.3 is 10.1 Å². The molecule has 2 aliphatic heterocycles. The summed E-state index contributed by atoms with van der Waals surface area (Å²) in [5.74, 6) is 2.68. The van der Waals surface area contributed by atoms with Crippen molar-refractivity contribution in [3.8, 4) is 16.9 Å². The zero-order valence-corrected chi connectivity index (χ0v) is 27.8. The fourth-order valence-electron chi connectivity index (χ4n) is 7.83. The fourth-order valence-corrected chi connectivity index (χ4v) is 7.83. The quantitative estimate of drug-likeness (QED) is 0.201. The van der Waals surface area contributed by atoms with Crippen LogP contribution in [0.5, 0.6) is 5.75 Å². The molecular formula is C47H33N3O. The number of nitrogens with one attached hydrogen (secondary N) is 1. The maximum Gasteiger partial charge on any atom is 0.170 e. The minimum absolute atomic E-state index is 0.0546. The van der Waals surface area contributed by atoms with Gasteiger partial charge in [0.25, 0.3) is 0 Å². The Labute approximate surface area is 296 Å². The van der Waals surface area contributed by atoms with Crippen molar-refractivity contribution in [3.63, 3.8) is 0 Å². The molecule has 3 unspecified atom stereocenters. The first-order chi connectivity index (χ1) is 25.3. The molecule has 2 heterocycles. The number of aliphatic imine (C=N–C) groups is 2. The first-order valence-electron chi connectivity index (χ1n) is 17.5. The van der Waals surface area contributed by atoms with Crippen molar-refractivity contribution in [1.29, 1.82) is 0 Å². The molecule has 0 bridgehead atoms. The van der Waals surface area contributed by atoms with E-state index in [4.69, 9.17) is 14.7 Å². The molecule has 0 spiro atoms. The maximum atomic E-state index is 6.62. The Morgan fingerprint density at radius 2 is 1.18 bits per heavy atom. The normalized spacial score (nSPS) is 19.0. The second-order valence-corrected chi connectivity index (χ2v) is 13.3. The van der Waals surface area contributed by atoms with Crippen LogP contribution in [0.3, 0.4) is 0 Å². The first kappa shape index (κ1) is 29.4. The molecule has 0 radical (unpaired) electrons. The van der Waals surface area contributed by atoms with Crippen molar-refractivity contribution in [1.82, 2.24) is 5.32 Å². The second-order valence-electron chi connectivity index (χ2n) is 13.3. The Bertz CT molecular complexity index is 2600. The molecule has 1 N–H and O–H groups in total. The van der Waals surface area contributed by atoms with Gasteiger partial charge in [0.1, 0.15) is 23.5 Å². The molecule has 0 fully saturated rings. The lowest BCUT2D eigenvalue weighted by Gasteiger charge is -2.26. The Morgan fingerprint density at radius 3 is 2.00 bits per heavy atom. The van der Waals surface area contributed by atoms with Crippen LogP contribution >= 0.6 is 0 Å². The van der Waals surface area contributed by atoms with Crippen LogP contribution < -0.4 is 10.1 Å². The van der Waals surface area contributed by atoms with Crippen molar-refractivity contribution in [3.05, 3.63) is 204 Å². The number of hydrogen-bond donors (Lipinski definition) is 1. The van der Waals surface area contributed by atoms with E-state index < -0.39 is 6.17 Å². The molecule has 4 heteroatoms. The van der Waals surface area contributed by atoms with E-state index in [0.717, 1.165) is 39.5 Å². The summed E-state index contributed by atoms with van der Waals surface area (Å²) in [6.07, 6.45) is 6.11. The number of ether oxygens (including phenoxy) is 1. The van der Waals surface area contributed by atoms with Gasteiger partial charge in [-0.1, -0.05) is 158 Å². The van der Waals surface area contributed by atoms with Gasteiger partial charge in [-0.05, 0) is 62.0 Å². The average molecular weight is 656 g/mol. The number of amidine groups is 2. The molecule has 51 heavy (non-hydrogen) atoms. The van der Waals surface area contributed by atoms with E-state index in [1.807, 2.05) is 18.2 Å². The molecule has 1 aliphatic carbocycles. The molecular weight excluding hydrogens is 623 g/mol. The molecule has 3 aliphatic rings. The largest absolute Gasteiger partial charge is 0.485 e. The standard InChI is InChI=1S/C47H33N3O/c1-3-12-30(13-4-1)34-24-25-41-43(29-34)51-42-21-11-20-39(44(41)42)38-26-27-40(37-19-10-9-18-36(37)38)47-49-45(32-15-5-2-6-16-32)48-46(50-47)35-23-22-31-14-7-8-17-33(31)28-35/h1-29,42,44,47H,(H,48,49,50). The number of benzene rings is 7. The van der Waals surface area contributed by atoms with Crippen molar-refractivity contribution < 1.29 is 4.74 Å².